The lowest BCUT2D eigenvalue weighted by atomic mass is 9.91. The number of ether oxygens (including phenoxy) is 1. The molecule has 6 heteroatoms. The van der Waals surface area contributed by atoms with Crippen LogP contribution in [0.25, 0.3) is 0 Å². The lowest BCUT2D eigenvalue weighted by Gasteiger charge is -2.33. The molecule has 2 aromatic rings. The van der Waals surface area contributed by atoms with Gasteiger partial charge in [-0.15, -0.1) is 0 Å². The lowest BCUT2D eigenvalue weighted by molar-refractivity contribution is 0.0609. The fraction of sp³-hybridized carbons (Fsp3) is 0.448. The van der Waals surface area contributed by atoms with Crippen LogP contribution in [-0.4, -0.2) is 51.9 Å². The van der Waals surface area contributed by atoms with E-state index in [1.165, 1.54) is 35.8 Å². The summed E-state index contributed by atoms with van der Waals surface area (Å²) < 4.78 is 32.2. The summed E-state index contributed by atoms with van der Waals surface area (Å²) in [6.45, 7) is 5.95. The normalized spacial score (nSPS) is 21.9. The summed E-state index contributed by atoms with van der Waals surface area (Å²) in [7, 11) is -3.20. The van der Waals surface area contributed by atoms with Crippen LogP contribution in [0.5, 0.6) is 0 Å². The molecule has 4 rings (SSSR count). The highest BCUT2D eigenvalue weighted by Crippen LogP contribution is 2.28. The van der Waals surface area contributed by atoms with Crippen molar-refractivity contribution in [3.63, 3.8) is 0 Å². The minimum absolute atomic E-state index is 0.0227. The average Bonchev–Trinajstić information content (AvgIpc) is 2.85. The highest BCUT2D eigenvalue weighted by Gasteiger charge is 2.23. The molecule has 35 heavy (non-hydrogen) atoms. The zero-order valence-electron chi connectivity index (χ0n) is 20.8. The van der Waals surface area contributed by atoms with E-state index in [-0.39, 0.29) is 18.1 Å². The minimum atomic E-state index is -3.20. The Kier molecular flexibility index (Phi) is 8.95. The first kappa shape index (κ1) is 25.8. The van der Waals surface area contributed by atoms with Crippen LogP contribution in [0.15, 0.2) is 84.5 Å². The van der Waals surface area contributed by atoms with E-state index in [2.05, 4.69) is 77.2 Å². The number of benzene rings is 2. The van der Waals surface area contributed by atoms with Gasteiger partial charge in [0.15, 0.2) is 0 Å². The molecule has 0 saturated carbocycles. The number of piperidine rings is 1. The fourth-order valence-corrected chi connectivity index (χ4v) is 5.87. The Morgan fingerprint density at radius 3 is 2.14 bits per heavy atom. The van der Waals surface area contributed by atoms with Crippen molar-refractivity contribution in [3.8, 4) is 0 Å². The van der Waals surface area contributed by atoms with E-state index in [0.29, 0.717) is 5.92 Å². The topological polar surface area (TPSA) is 58.6 Å². The van der Waals surface area contributed by atoms with Gasteiger partial charge in [0.1, 0.15) is 6.10 Å². The Morgan fingerprint density at radius 1 is 1.00 bits per heavy atom. The Labute approximate surface area is 210 Å². The van der Waals surface area contributed by atoms with Gasteiger partial charge in [0.2, 0.25) is 10.0 Å². The highest BCUT2D eigenvalue weighted by molar-refractivity contribution is 7.88. The van der Waals surface area contributed by atoms with E-state index in [1.807, 2.05) is 18.2 Å². The van der Waals surface area contributed by atoms with E-state index >= 15 is 0 Å². The molecular formula is C29H38N2O3S. The number of nitrogens with zero attached hydrogens (tertiary/aromatic N) is 1. The Morgan fingerprint density at radius 2 is 1.60 bits per heavy atom. The number of hydrogen-bond donors (Lipinski definition) is 1. The van der Waals surface area contributed by atoms with E-state index in [1.54, 1.807) is 0 Å². The zero-order chi connectivity index (χ0) is 24.7. The second-order valence-electron chi connectivity index (χ2n) is 9.96. The first-order valence-corrected chi connectivity index (χ1v) is 14.6. The smallest absolute Gasteiger partial charge is 0.209 e. The van der Waals surface area contributed by atoms with Gasteiger partial charge in [0.25, 0.3) is 0 Å². The maximum absolute atomic E-state index is 11.5. The molecule has 2 unspecified atom stereocenters. The Balaban J connectivity index is 1.22. The second-order valence-corrected chi connectivity index (χ2v) is 11.7. The van der Waals surface area contributed by atoms with Crippen LogP contribution in [0.2, 0.25) is 0 Å². The maximum Gasteiger partial charge on any atom is 0.209 e. The molecule has 1 N–H and O–H groups in total. The SMILES string of the molecule is CC1C=C(CN2CCC(CCOC(c3ccccc3)c3ccccc3)CC2)C=CC1NS(C)(=O)=O. The Hall–Kier alpha value is -2.25. The van der Waals surface area contributed by atoms with Crippen molar-refractivity contribution in [2.24, 2.45) is 11.8 Å². The van der Waals surface area contributed by atoms with E-state index in [4.69, 9.17) is 4.74 Å². The number of nitrogens with one attached hydrogen (secondary N) is 1. The molecule has 0 aromatic heterocycles. The number of hydrogen-bond acceptors (Lipinski definition) is 4. The molecule has 1 aliphatic heterocycles. The quantitative estimate of drug-likeness (QED) is 0.508. The molecule has 1 heterocycles. The van der Waals surface area contributed by atoms with Gasteiger partial charge < -0.3 is 4.74 Å². The molecule has 2 aliphatic rings. The highest BCUT2D eigenvalue weighted by atomic mass is 32.2. The fourth-order valence-electron chi connectivity index (χ4n) is 5.08. The molecule has 1 saturated heterocycles. The second kappa shape index (κ2) is 12.1. The number of sulfonamides is 1. The van der Waals surface area contributed by atoms with Crippen molar-refractivity contribution in [1.82, 2.24) is 9.62 Å². The monoisotopic (exact) mass is 494 g/mol. The van der Waals surface area contributed by atoms with Crippen LogP contribution in [0.3, 0.4) is 0 Å². The largest absolute Gasteiger partial charge is 0.369 e. The summed E-state index contributed by atoms with van der Waals surface area (Å²) >= 11 is 0. The molecule has 0 bridgehead atoms. The molecule has 0 radical (unpaired) electrons. The van der Waals surface area contributed by atoms with Crippen molar-refractivity contribution in [3.05, 3.63) is 95.6 Å². The number of likely N-dealkylation sites (tertiary alicyclic amines) is 1. The van der Waals surface area contributed by atoms with Crippen molar-refractivity contribution in [1.29, 1.82) is 0 Å². The minimum Gasteiger partial charge on any atom is -0.369 e. The summed E-state index contributed by atoms with van der Waals surface area (Å²) in [6, 6.07) is 20.8. The van der Waals surface area contributed by atoms with Crippen LogP contribution in [-0.2, 0) is 14.8 Å². The third kappa shape index (κ3) is 7.87. The molecular weight excluding hydrogens is 456 g/mol. The predicted octanol–water partition coefficient (Wildman–Crippen LogP) is 4.94. The van der Waals surface area contributed by atoms with Crippen LogP contribution in [0.4, 0.5) is 0 Å². The third-order valence-corrected chi connectivity index (χ3v) is 7.74. The third-order valence-electron chi connectivity index (χ3n) is 7.04. The van der Waals surface area contributed by atoms with Gasteiger partial charge in [-0.25, -0.2) is 13.1 Å². The summed E-state index contributed by atoms with van der Waals surface area (Å²) in [5, 5.41) is 0. The van der Waals surface area contributed by atoms with Crippen LogP contribution < -0.4 is 4.72 Å². The van der Waals surface area contributed by atoms with Gasteiger partial charge in [-0.2, -0.15) is 0 Å². The summed E-state index contributed by atoms with van der Waals surface area (Å²) in [6.07, 6.45) is 10.9. The first-order valence-electron chi connectivity index (χ1n) is 12.7. The van der Waals surface area contributed by atoms with Gasteiger partial charge in [-0.05, 0) is 60.9 Å². The molecule has 1 fully saturated rings. The predicted molar refractivity (Wildman–Crippen MR) is 143 cm³/mol. The maximum atomic E-state index is 11.5. The van der Waals surface area contributed by atoms with Gasteiger partial charge in [0.05, 0.1) is 6.26 Å². The van der Waals surface area contributed by atoms with Crippen molar-refractivity contribution < 1.29 is 13.2 Å². The van der Waals surface area contributed by atoms with Crippen LogP contribution >= 0.6 is 0 Å². The van der Waals surface area contributed by atoms with Gasteiger partial charge >= 0.3 is 0 Å². The summed E-state index contributed by atoms with van der Waals surface area (Å²) in [5.41, 5.74) is 3.68. The molecule has 2 atom stereocenters. The van der Waals surface area contributed by atoms with Crippen molar-refractivity contribution >= 4 is 10.0 Å². The molecule has 188 valence electrons. The van der Waals surface area contributed by atoms with E-state index in [9.17, 15) is 8.42 Å². The van der Waals surface area contributed by atoms with Crippen LogP contribution in [0.1, 0.15) is 43.4 Å². The van der Waals surface area contributed by atoms with Crippen molar-refractivity contribution in [2.45, 2.75) is 38.3 Å². The first-order chi connectivity index (χ1) is 16.9. The molecule has 5 nitrogen and oxygen atoms in total. The summed E-state index contributed by atoms with van der Waals surface area (Å²) in [5.74, 6) is 0.846. The number of rotatable bonds is 10. The van der Waals surface area contributed by atoms with Gasteiger partial charge in [0, 0.05) is 19.2 Å². The summed E-state index contributed by atoms with van der Waals surface area (Å²) in [4.78, 5) is 2.52. The Bertz CT molecular complexity index is 1050. The standard InChI is InChI=1S/C29H38N2O3S/c1-23-21-25(13-14-28(23)30-35(2,32)33)22-31-18-15-24(16-19-31)17-20-34-29(26-9-5-3-6-10-26)27-11-7-4-8-12-27/h3-14,21,23-24,28-30H,15-20,22H2,1-2H3. The van der Waals surface area contributed by atoms with Gasteiger partial charge in [-0.3, -0.25) is 4.90 Å². The van der Waals surface area contributed by atoms with Crippen LogP contribution in [0, 0.1) is 11.8 Å². The van der Waals surface area contributed by atoms with E-state index in [0.717, 1.165) is 32.7 Å². The average molecular weight is 495 g/mol. The van der Waals surface area contributed by atoms with Crippen molar-refractivity contribution in [2.75, 3.05) is 32.5 Å². The zero-order valence-corrected chi connectivity index (χ0v) is 21.7. The molecule has 2 aromatic carbocycles. The molecule has 0 spiro atoms. The molecule has 1 aliphatic carbocycles. The lowest BCUT2D eigenvalue weighted by Crippen LogP contribution is -2.39. The van der Waals surface area contributed by atoms with E-state index < -0.39 is 10.0 Å². The van der Waals surface area contributed by atoms with Gasteiger partial charge in [-0.1, -0.05) is 85.8 Å². The molecule has 0 amide bonds.